The van der Waals surface area contributed by atoms with Crippen LogP contribution < -0.4 is 19.1 Å². The van der Waals surface area contributed by atoms with E-state index in [2.05, 4.69) is 10.3 Å². The Morgan fingerprint density at radius 1 is 1.03 bits per heavy atom. The van der Waals surface area contributed by atoms with Crippen LogP contribution in [0.5, 0.6) is 11.5 Å². The number of fused-ring (bicyclic) bond motifs is 1. The molecule has 1 amide bonds. The molecule has 0 saturated heterocycles. The maximum atomic E-state index is 13.1. The molecular formula is C24H23N3O5S2. The lowest BCUT2D eigenvalue weighted by Crippen LogP contribution is -2.30. The lowest BCUT2D eigenvalue weighted by molar-refractivity contribution is 0.102. The topological polar surface area (TPSA) is 97.8 Å². The molecule has 34 heavy (non-hydrogen) atoms. The Morgan fingerprint density at radius 2 is 1.74 bits per heavy atom. The van der Waals surface area contributed by atoms with Gasteiger partial charge in [-0.1, -0.05) is 29.5 Å². The summed E-state index contributed by atoms with van der Waals surface area (Å²) < 4.78 is 39.1. The second-order valence-corrected chi connectivity index (χ2v) is 10.1. The number of sulfonamides is 1. The summed E-state index contributed by atoms with van der Waals surface area (Å²) >= 11 is 1.29. The molecule has 0 fully saturated rings. The molecule has 176 valence electrons. The first-order chi connectivity index (χ1) is 16.4. The molecular weight excluding hydrogens is 474 g/mol. The Bertz CT molecular complexity index is 1420. The molecule has 0 bridgehead atoms. The average molecular weight is 498 g/mol. The number of para-hydroxylation sites is 1. The monoisotopic (exact) mass is 497 g/mol. The van der Waals surface area contributed by atoms with Crippen molar-refractivity contribution in [1.82, 2.24) is 4.98 Å². The van der Waals surface area contributed by atoms with Crippen LogP contribution in [0.4, 0.5) is 10.8 Å². The maximum absolute atomic E-state index is 13.1. The SMILES string of the molecule is CCN(c1ccccc1)S(=O)(=O)c1ccc(C(=O)Nc2nc3c(OC)cc(OC)cc3s2)cc1. The highest BCUT2D eigenvalue weighted by molar-refractivity contribution is 7.92. The van der Waals surface area contributed by atoms with E-state index in [1.807, 2.05) is 12.1 Å². The Balaban J connectivity index is 1.55. The van der Waals surface area contributed by atoms with Crippen molar-refractivity contribution in [3.8, 4) is 11.5 Å². The average Bonchev–Trinajstić information content (AvgIpc) is 3.26. The second-order valence-electron chi connectivity index (χ2n) is 7.18. The summed E-state index contributed by atoms with van der Waals surface area (Å²) in [5.74, 6) is 0.767. The lowest BCUT2D eigenvalue weighted by Gasteiger charge is -2.22. The van der Waals surface area contributed by atoms with E-state index in [1.54, 1.807) is 51.5 Å². The second kappa shape index (κ2) is 9.70. The number of hydrogen-bond donors (Lipinski definition) is 1. The number of thiazole rings is 1. The molecule has 0 atom stereocenters. The zero-order valence-corrected chi connectivity index (χ0v) is 20.4. The minimum absolute atomic E-state index is 0.103. The summed E-state index contributed by atoms with van der Waals surface area (Å²) in [6.07, 6.45) is 0. The van der Waals surface area contributed by atoms with E-state index in [-0.39, 0.29) is 11.4 Å². The molecule has 0 aliphatic rings. The fraction of sp³-hybridized carbons (Fsp3) is 0.167. The molecule has 8 nitrogen and oxygen atoms in total. The number of methoxy groups -OCH3 is 2. The molecule has 3 aromatic carbocycles. The van der Waals surface area contributed by atoms with Crippen molar-refractivity contribution in [2.24, 2.45) is 0 Å². The van der Waals surface area contributed by atoms with Gasteiger partial charge in [0, 0.05) is 18.2 Å². The van der Waals surface area contributed by atoms with Gasteiger partial charge in [0.2, 0.25) is 0 Å². The number of hydrogen-bond acceptors (Lipinski definition) is 7. The fourth-order valence-electron chi connectivity index (χ4n) is 3.46. The molecule has 0 radical (unpaired) electrons. The zero-order valence-electron chi connectivity index (χ0n) is 18.8. The van der Waals surface area contributed by atoms with E-state index in [1.165, 1.54) is 39.9 Å². The molecule has 0 aliphatic carbocycles. The van der Waals surface area contributed by atoms with E-state index in [4.69, 9.17) is 9.47 Å². The number of anilines is 2. The number of carbonyl (C=O) groups is 1. The van der Waals surface area contributed by atoms with Crippen molar-refractivity contribution < 1.29 is 22.7 Å². The lowest BCUT2D eigenvalue weighted by atomic mass is 10.2. The Morgan fingerprint density at radius 3 is 2.35 bits per heavy atom. The first-order valence-corrected chi connectivity index (χ1v) is 12.6. The van der Waals surface area contributed by atoms with E-state index >= 15 is 0 Å². The van der Waals surface area contributed by atoms with Gasteiger partial charge in [-0.3, -0.25) is 14.4 Å². The van der Waals surface area contributed by atoms with Gasteiger partial charge in [-0.2, -0.15) is 0 Å². The van der Waals surface area contributed by atoms with Crippen molar-refractivity contribution in [3.05, 3.63) is 72.3 Å². The number of ether oxygens (including phenoxy) is 2. The number of nitrogens with one attached hydrogen (secondary N) is 1. The van der Waals surface area contributed by atoms with Crippen LogP contribution in [0.2, 0.25) is 0 Å². The van der Waals surface area contributed by atoms with Crippen LogP contribution in [-0.4, -0.2) is 40.1 Å². The van der Waals surface area contributed by atoms with E-state index in [0.717, 1.165) is 4.70 Å². The van der Waals surface area contributed by atoms with Crippen molar-refractivity contribution >= 4 is 48.3 Å². The number of nitrogens with zero attached hydrogens (tertiary/aromatic N) is 2. The minimum Gasteiger partial charge on any atom is -0.497 e. The smallest absolute Gasteiger partial charge is 0.264 e. The molecule has 1 aromatic heterocycles. The van der Waals surface area contributed by atoms with Crippen LogP contribution in [-0.2, 0) is 10.0 Å². The van der Waals surface area contributed by atoms with Gasteiger partial charge in [0.05, 0.1) is 29.5 Å². The van der Waals surface area contributed by atoms with Crippen LogP contribution in [0.25, 0.3) is 10.2 Å². The van der Waals surface area contributed by atoms with Gasteiger partial charge in [-0.05, 0) is 49.4 Å². The first kappa shape index (κ1) is 23.5. The summed E-state index contributed by atoms with van der Waals surface area (Å²) in [5, 5.41) is 3.16. The highest BCUT2D eigenvalue weighted by Crippen LogP contribution is 2.36. The number of carbonyl (C=O) groups excluding carboxylic acids is 1. The van der Waals surface area contributed by atoms with Crippen molar-refractivity contribution in [2.75, 3.05) is 30.4 Å². The standard InChI is InChI=1S/C24H23N3O5S2/c1-4-27(17-8-6-5-7-9-17)34(29,30)19-12-10-16(11-13-19)23(28)26-24-25-22-20(32-3)14-18(31-2)15-21(22)33-24/h5-15H,4H2,1-3H3,(H,25,26,28). The summed E-state index contributed by atoms with van der Waals surface area (Å²) in [4.78, 5) is 17.3. The first-order valence-electron chi connectivity index (χ1n) is 10.4. The zero-order chi connectivity index (χ0) is 24.3. The number of aromatic nitrogens is 1. The summed E-state index contributed by atoms with van der Waals surface area (Å²) in [6, 6.07) is 18.3. The number of benzene rings is 3. The van der Waals surface area contributed by atoms with Crippen LogP contribution in [0.15, 0.2) is 71.6 Å². The van der Waals surface area contributed by atoms with Gasteiger partial charge in [-0.25, -0.2) is 13.4 Å². The van der Waals surface area contributed by atoms with Gasteiger partial charge < -0.3 is 9.47 Å². The molecule has 0 aliphatic heterocycles. The van der Waals surface area contributed by atoms with Gasteiger partial charge in [0.25, 0.3) is 15.9 Å². The summed E-state index contributed by atoms with van der Waals surface area (Å²) in [5.41, 5.74) is 1.51. The van der Waals surface area contributed by atoms with Crippen LogP contribution in [0, 0.1) is 0 Å². The largest absolute Gasteiger partial charge is 0.497 e. The minimum atomic E-state index is -3.77. The van der Waals surface area contributed by atoms with Crippen LogP contribution in [0.3, 0.4) is 0 Å². The van der Waals surface area contributed by atoms with Crippen LogP contribution >= 0.6 is 11.3 Å². The summed E-state index contributed by atoms with van der Waals surface area (Å²) in [7, 11) is -0.668. The fourth-order valence-corrected chi connectivity index (χ4v) is 5.84. The Kier molecular flexibility index (Phi) is 6.71. The van der Waals surface area contributed by atoms with Gasteiger partial charge >= 0.3 is 0 Å². The van der Waals surface area contributed by atoms with Gasteiger partial charge in [-0.15, -0.1) is 0 Å². The molecule has 0 spiro atoms. The predicted molar refractivity (Wildman–Crippen MR) is 134 cm³/mol. The molecule has 4 rings (SSSR count). The Labute approximate surface area is 201 Å². The third kappa shape index (κ3) is 4.55. The van der Waals surface area contributed by atoms with Gasteiger partial charge in [0.1, 0.15) is 17.0 Å². The molecule has 0 unspecified atom stereocenters. The number of rotatable bonds is 8. The van der Waals surface area contributed by atoms with E-state index < -0.39 is 15.9 Å². The van der Waals surface area contributed by atoms with Crippen LogP contribution in [0.1, 0.15) is 17.3 Å². The molecule has 1 heterocycles. The predicted octanol–water partition coefficient (Wildman–Crippen LogP) is 4.78. The third-order valence-corrected chi connectivity index (χ3v) is 7.98. The quantitative estimate of drug-likeness (QED) is 0.376. The number of amides is 1. The van der Waals surface area contributed by atoms with Crippen molar-refractivity contribution in [2.45, 2.75) is 11.8 Å². The highest BCUT2D eigenvalue weighted by atomic mass is 32.2. The normalized spacial score (nSPS) is 11.3. The third-order valence-electron chi connectivity index (χ3n) is 5.15. The van der Waals surface area contributed by atoms with Crippen molar-refractivity contribution in [1.29, 1.82) is 0 Å². The molecule has 4 aromatic rings. The van der Waals surface area contributed by atoms with Gasteiger partial charge in [0.15, 0.2) is 5.13 Å². The molecule has 1 N–H and O–H groups in total. The maximum Gasteiger partial charge on any atom is 0.264 e. The summed E-state index contributed by atoms with van der Waals surface area (Å²) in [6.45, 7) is 2.05. The van der Waals surface area contributed by atoms with E-state index in [0.29, 0.717) is 33.4 Å². The van der Waals surface area contributed by atoms with Crippen molar-refractivity contribution in [3.63, 3.8) is 0 Å². The molecule has 10 heteroatoms. The Hall–Kier alpha value is -3.63. The molecule has 0 saturated carbocycles. The van der Waals surface area contributed by atoms with E-state index in [9.17, 15) is 13.2 Å². The highest BCUT2D eigenvalue weighted by Gasteiger charge is 2.24.